The van der Waals surface area contributed by atoms with Crippen LogP contribution in [0.5, 0.6) is 0 Å². The Morgan fingerprint density at radius 1 is 1.25 bits per heavy atom. The first kappa shape index (κ1) is 14.9. The summed E-state index contributed by atoms with van der Waals surface area (Å²) >= 11 is 0. The fourth-order valence-corrected chi connectivity index (χ4v) is 2.70. The van der Waals surface area contributed by atoms with Crippen LogP contribution >= 0.6 is 0 Å². The second-order valence-corrected chi connectivity index (χ2v) is 5.74. The second-order valence-electron chi connectivity index (χ2n) is 5.74. The van der Waals surface area contributed by atoms with Crippen molar-refractivity contribution in [2.75, 3.05) is 6.54 Å². The maximum Gasteiger partial charge on any atom is 0.315 e. The average molecular weight is 276 g/mol. The first-order valence-electron chi connectivity index (χ1n) is 7.41. The van der Waals surface area contributed by atoms with E-state index in [-0.39, 0.29) is 12.1 Å². The molecule has 1 aliphatic rings. The topological polar surface area (TPSA) is 61.4 Å². The van der Waals surface area contributed by atoms with Crippen molar-refractivity contribution >= 4 is 6.03 Å². The van der Waals surface area contributed by atoms with E-state index >= 15 is 0 Å². The molecule has 0 heterocycles. The Morgan fingerprint density at radius 3 is 2.55 bits per heavy atom. The molecular weight excluding hydrogens is 252 g/mol. The Hall–Kier alpha value is -1.55. The minimum atomic E-state index is -0.717. The third-order valence-electron chi connectivity index (χ3n) is 4.01. The highest BCUT2D eigenvalue weighted by Gasteiger charge is 2.29. The van der Waals surface area contributed by atoms with Crippen LogP contribution < -0.4 is 10.6 Å². The van der Waals surface area contributed by atoms with Gasteiger partial charge < -0.3 is 15.7 Å². The van der Waals surface area contributed by atoms with Crippen molar-refractivity contribution in [2.45, 2.75) is 50.7 Å². The van der Waals surface area contributed by atoms with Crippen molar-refractivity contribution in [3.05, 3.63) is 35.9 Å². The van der Waals surface area contributed by atoms with E-state index in [1.807, 2.05) is 37.3 Å². The highest BCUT2D eigenvalue weighted by atomic mass is 16.3. The number of urea groups is 1. The zero-order valence-electron chi connectivity index (χ0n) is 12.1. The minimum Gasteiger partial charge on any atom is -0.388 e. The Kier molecular flexibility index (Phi) is 5.01. The van der Waals surface area contributed by atoms with Crippen LogP contribution in [0.2, 0.25) is 0 Å². The molecule has 1 atom stereocenters. The van der Waals surface area contributed by atoms with E-state index in [2.05, 4.69) is 10.6 Å². The summed E-state index contributed by atoms with van der Waals surface area (Å²) in [5.74, 6) is 0. The lowest BCUT2D eigenvalue weighted by Gasteiger charge is -2.32. The molecule has 110 valence electrons. The Bertz CT molecular complexity index is 427. The van der Waals surface area contributed by atoms with Gasteiger partial charge in [0.15, 0.2) is 0 Å². The molecule has 1 fully saturated rings. The lowest BCUT2D eigenvalue weighted by Crippen LogP contribution is -2.47. The molecule has 0 aliphatic heterocycles. The first-order chi connectivity index (χ1) is 9.59. The molecule has 1 aliphatic carbocycles. The fraction of sp³-hybridized carbons (Fsp3) is 0.562. The summed E-state index contributed by atoms with van der Waals surface area (Å²) in [5, 5.41) is 16.0. The normalized spacial score (nSPS) is 19.1. The molecule has 0 aromatic heterocycles. The molecule has 2 rings (SSSR count). The van der Waals surface area contributed by atoms with E-state index in [9.17, 15) is 9.90 Å². The average Bonchev–Trinajstić information content (AvgIpc) is 2.47. The maximum atomic E-state index is 11.9. The van der Waals surface area contributed by atoms with Gasteiger partial charge in [0, 0.05) is 6.54 Å². The zero-order valence-corrected chi connectivity index (χ0v) is 12.1. The van der Waals surface area contributed by atoms with E-state index in [1.54, 1.807) is 0 Å². The molecule has 4 nitrogen and oxygen atoms in total. The number of carbonyl (C=O) groups excluding carboxylic acids is 1. The summed E-state index contributed by atoms with van der Waals surface area (Å²) in [6.45, 7) is 2.28. The van der Waals surface area contributed by atoms with Crippen LogP contribution in [-0.4, -0.2) is 23.3 Å². The van der Waals surface area contributed by atoms with E-state index in [0.717, 1.165) is 31.2 Å². The van der Waals surface area contributed by atoms with Gasteiger partial charge in [0.05, 0.1) is 11.6 Å². The number of rotatable bonds is 4. The molecule has 0 radical (unpaired) electrons. The highest BCUT2D eigenvalue weighted by Crippen LogP contribution is 2.27. The highest BCUT2D eigenvalue weighted by molar-refractivity contribution is 5.74. The molecule has 1 saturated carbocycles. The molecule has 4 heteroatoms. The van der Waals surface area contributed by atoms with Gasteiger partial charge in [0.25, 0.3) is 0 Å². The van der Waals surface area contributed by atoms with Gasteiger partial charge in [0.2, 0.25) is 0 Å². The summed E-state index contributed by atoms with van der Waals surface area (Å²) in [6.07, 6.45) is 4.82. The van der Waals surface area contributed by atoms with Crippen molar-refractivity contribution in [3.8, 4) is 0 Å². The van der Waals surface area contributed by atoms with Gasteiger partial charge in [-0.3, -0.25) is 0 Å². The van der Waals surface area contributed by atoms with Crippen LogP contribution in [-0.2, 0) is 0 Å². The van der Waals surface area contributed by atoms with Gasteiger partial charge in [-0.2, -0.15) is 0 Å². The largest absolute Gasteiger partial charge is 0.388 e. The van der Waals surface area contributed by atoms with Crippen LogP contribution in [0, 0.1) is 0 Å². The Morgan fingerprint density at radius 2 is 1.90 bits per heavy atom. The van der Waals surface area contributed by atoms with Gasteiger partial charge in [-0.1, -0.05) is 49.6 Å². The molecular formula is C16H24N2O2. The summed E-state index contributed by atoms with van der Waals surface area (Å²) in [6, 6.07) is 9.57. The third kappa shape index (κ3) is 4.23. The maximum absolute atomic E-state index is 11.9. The summed E-state index contributed by atoms with van der Waals surface area (Å²) in [5.41, 5.74) is 0.352. The lowest BCUT2D eigenvalue weighted by molar-refractivity contribution is 0.00714. The second kappa shape index (κ2) is 6.75. The molecule has 2 amide bonds. The van der Waals surface area contributed by atoms with Crippen LogP contribution in [0.1, 0.15) is 50.6 Å². The molecule has 0 spiro atoms. The molecule has 1 aromatic carbocycles. The van der Waals surface area contributed by atoms with Crippen LogP contribution in [0.15, 0.2) is 30.3 Å². The van der Waals surface area contributed by atoms with Gasteiger partial charge in [-0.25, -0.2) is 4.79 Å². The third-order valence-corrected chi connectivity index (χ3v) is 4.01. The number of carbonyl (C=O) groups is 1. The van der Waals surface area contributed by atoms with Crippen molar-refractivity contribution in [1.82, 2.24) is 10.6 Å². The fourth-order valence-electron chi connectivity index (χ4n) is 2.70. The van der Waals surface area contributed by atoms with Crippen molar-refractivity contribution < 1.29 is 9.90 Å². The predicted molar refractivity (Wildman–Crippen MR) is 79.4 cm³/mol. The number of benzene rings is 1. The van der Waals surface area contributed by atoms with Gasteiger partial charge in [0.1, 0.15) is 0 Å². The molecule has 0 bridgehead atoms. The van der Waals surface area contributed by atoms with Crippen molar-refractivity contribution in [1.29, 1.82) is 0 Å². The van der Waals surface area contributed by atoms with E-state index < -0.39 is 5.60 Å². The standard InChI is InChI=1S/C16H24N2O2/c1-13(14-8-4-2-5-9-14)18-15(19)17-12-16(20)10-6-3-7-11-16/h2,4-5,8-9,13,20H,3,6-7,10-12H2,1H3,(H2,17,18,19). The first-order valence-corrected chi connectivity index (χ1v) is 7.41. The number of hydrogen-bond acceptors (Lipinski definition) is 2. The van der Waals surface area contributed by atoms with E-state index in [1.165, 1.54) is 6.42 Å². The molecule has 20 heavy (non-hydrogen) atoms. The zero-order chi connectivity index (χ0) is 14.4. The quantitative estimate of drug-likeness (QED) is 0.792. The van der Waals surface area contributed by atoms with Crippen LogP contribution in [0.25, 0.3) is 0 Å². The van der Waals surface area contributed by atoms with Crippen LogP contribution in [0.3, 0.4) is 0 Å². The monoisotopic (exact) mass is 276 g/mol. The summed E-state index contributed by atoms with van der Waals surface area (Å²) in [7, 11) is 0. The number of nitrogens with one attached hydrogen (secondary N) is 2. The van der Waals surface area contributed by atoms with Gasteiger partial charge in [-0.15, -0.1) is 0 Å². The number of amides is 2. The molecule has 3 N–H and O–H groups in total. The Balaban J connectivity index is 1.78. The van der Waals surface area contributed by atoms with Crippen molar-refractivity contribution in [2.24, 2.45) is 0 Å². The van der Waals surface area contributed by atoms with Gasteiger partial charge >= 0.3 is 6.03 Å². The van der Waals surface area contributed by atoms with E-state index in [0.29, 0.717) is 6.54 Å². The summed E-state index contributed by atoms with van der Waals surface area (Å²) < 4.78 is 0. The van der Waals surface area contributed by atoms with Crippen LogP contribution in [0.4, 0.5) is 4.79 Å². The van der Waals surface area contributed by atoms with Gasteiger partial charge in [-0.05, 0) is 25.3 Å². The Labute approximate surface area is 120 Å². The molecule has 0 saturated heterocycles. The minimum absolute atomic E-state index is 0.0443. The smallest absolute Gasteiger partial charge is 0.315 e. The predicted octanol–water partition coefficient (Wildman–Crippen LogP) is 2.74. The molecule has 1 unspecified atom stereocenters. The molecule has 1 aromatic rings. The summed E-state index contributed by atoms with van der Waals surface area (Å²) in [4.78, 5) is 11.9. The number of aliphatic hydroxyl groups is 1. The number of hydrogen-bond donors (Lipinski definition) is 3. The van der Waals surface area contributed by atoms with E-state index in [4.69, 9.17) is 0 Å². The lowest BCUT2D eigenvalue weighted by atomic mass is 9.85. The van der Waals surface area contributed by atoms with Crippen molar-refractivity contribution in [3.63, 3.8) is 0 Å². The SMILES string of the molecule is CC(NC(=O)NCC1(O)CCCCC1)c1ccccc1.